The third kappa shape index (κ3) is 2.93. The Balaban J connectivity index is 2.19. The normalized spacial score (nSPS) is 24.2. The summed E-state index contributed by atoms with van der Waals surface area (Å²) in [7, 11) is 0. The highest BCUT2D eigenvalue weighted by molar-refractivity contribution is 5.35. The number of hydrogen-bond donors (Lipinski definition) is 1. The molecule has 1 N–H and O–H groups in total. The standard InChI is InChI=1S/C16H25NO/c1-4-17-11-14-8-6-10-18-16(14)15-9-5-7-12(2)13(15)3/h5,7,9,14,16-17H,4,6,8,10-11H2,1-3H3. The van der Waals surface area contributed by atoms with Crippen LogP contribution in [0.2, 0.25) is 0 Å². The minimum Gasteiger partial charge on any atom is -0.373 e. The number of ether oxygens (including phenoxy) is 1. The van der Waals surface area contributed by atoms with Crippen molar-refractivity contribution >= 4 is 0 Å². The first-order valence-electron chi connectivity index (χ1n) is 7.12. The topological polar surface area (TPSA) is 21.3 Å². The molecule has 1 heterocycles. The summed E-state index contributed by atoms with van der Waals surface area (Å²) in [6.45, 7) is 9.57. The smallest absolute Gasteiger partial charge is 0.0867 e. The number of aryl methyl sites for hydroxylation is 1. The molecular formula is C16H25NO. The Bertz CT molecular complexity index is 389. The van der Waals surface area contributed by atoms with E-state index in [9.17, 15) is 0 Å². The highest BCUT2D eigenvalue weighted by Crippen LogP contribution is 2.35. The lowest BCUT2D eigenvalue weighted by Gasteiger charge is -2.33. The molecule has 0 bridgehead atoms. The lowest BCUT2D eigenvalue weighted by atomic mass is 9.86. The first kappa shape index (κ1) is 13.6. The molecule has 0 aromatic heterocycles. The van der Waals surface area contributed by atoms with Crippen LogP contribution in [-0.2, 0) is 4.74 Å². The lowest BCUT2D eigenvalue weighted by Crippen LogP contribution is -2.32. The Morgan fingerprint density at radius 3 is 2.94 bits per heavy atom. The van der Waals surface area contributed by atoms with E-state index in [-0.39, 0.29) is 6.10 Å². The zero-order chi connectivity index (χ0) is 13.0. The second-order valence-electron chi connectivity index (χ2n) is 5.29. The summed E-state index contributed by atoms with van der Waals surface area (Å²) in [5, 5.41) is 3.47. The Kier molecular flexibility index (Phi) is 4.79. The summed E-state index contributed by atoms with van der Waals surface area (Å²) < 4.78 is 6.07. The largest absolute Gasteiger partial charge is 0.373 e. The minimum atomic E-state index is 0.276. The summed E-state index contributed by atoms with van der Waals surface area (Å²) in [5.41, 5.74) is 4.15. The van der Waals surface area contributed by atoms with Crippen LogP contribution in [0.5, 0.6) is 0 Å². The van der Waals surface area contributed by atoms with Crippen molar-refractivity contribution in [2.75, 3.05) is 19.7 Å². The molecule has 2 atom stereocenters. The molecule has 2 nitrogen and oxygen atoms in total. The molecule has 18 heavy (non-hydrogen) atoms. The summed E-state index contributed by atoms with van der Waals surface area (Å²) in [5.74, 6) is 0.610. The Hall–Kier alpha value is -0.860. The summed E-state index contributed by atoms with van der Waals surface area (Å²) in [6.07, 6.45) is 2.74. The van der Waals surface area contributed by atoms with Crippen LogP contribution < -0.4 is 5.32 Å². The van der Waals surface area contributed by atoms with Crippen molar-refractivity contribution in [3.8, 4) is 0 Å². The van der Waals surface area contributed by atoms with Crippen molar-refractivity contribution in [3.05, 3.63) is 34.9 Å². The third-order valence-electron chi connectivity index (χ3n) is 4.05. The maximum Gasteiger partial charge on any atom is 0.0867 e. The molecule has 100 valence electrons. The molecule has 2 heteroatoms. The fourth-order valence-electron chi connectivity index (χ4n) is 2.81. The quantitative estimate of drug-likeness (QED) is 0.880. The molecule has 0 radical (unpaired) electrons. The van der Waals surface area contributed by atoms with E-state index in [2.05, 4.69) is 44.3 Å². The van der Waals surface area contributed by atoms with Gasteiger partial charge in [0.1, 0.15) is 0 Å². The molecule has 1 aliphatic heterocycles. The van der Waals surface area contributed by atoms with Crippen molar-refractivity contribution in [2.24, 2.45) is 5.92 Å². The second-order valence-corrected chi connectivity index (χ2v) is 5.29. The number of nitrogens with one attached hydrogen (secondary N) is 1. The van der Waals surface area contributed by atoms with Crippen molar-refractivity contribution in [1.82, 2.24) is 5.32 Å². The molecule has 0 amide bonds. The fraction of sp³-hybridized carbons (Fsp3) is 0.625. The molecule has 1 saturated heterocycles. The SMILES string of the molecule is CCNCC1CCCOC1c1cccc(C)c1C. The summed E-state index contributed by atoms with van der Waals surface area (Å²) in [6, 6.07) is 6.57. The Morgan fingerprint density at radius 1 is 1.33 bits per heavy atom. The molecule has 1 aliphatic rings. The van der Waals surface area contributed by atoms with Gasteiger partial charge in [0.25, 0.3) is 0 Å². The lowest BCUT2D eigenvalue weighted by molar-refractivity contribution is -0.0279. The minimum absolute atomic E-state index is 0.276. The van der Waals surface area contributed by atoms with Gasteiger partial charge in [0.2, 0.25) is 0 Å². The van der Waals surface area contributed by atoms with Crippen LogP contribution >= 0.6 is 0 Å². The van der Waals surface area contributed by atoms with Crippen LogP contribution in [0.15, 0.2) is 18.2 Å². The average molecular weight is 247 g/mol. The molecule has 1 aromatic carbocycles. The van der Waals surface area contributed by atoms with E-state index >= 15 is 0 Å². The zero-order valence-electron chi connectivity index (χ0n) is 11.8. The van der Waals surface area contributed by atoms with Crippen LogP contribution in [0.4, 0.5) is 0 Å². The highest BCUT2D eigenvalue weighted by atomic mass is 16.5. The number of hydrogen-bond acceptors (Lipinski definition) is 2. The third-order valence-corrected chi connectivity index (χ3v) is 4.05. The van der Waals surface area contributed by atoms with Gasteiger partial charge in [-0.25, -0.2) is 0 Å². The van der Waals surface area contributed by atoms with E-state index in [4.69, 9.17) is 4.74 Å². The molecule has 2 rings (SSSR count). The van der Waals surface area contributed by atoms with Crippen molar-refractivity contribution in [3.63, 3.8) is 0 Å². The Morgan fingerprint density at radius 2 is 2.17 bits per heavy atom. The second kappa shape index (κ2) is 6.35. The summed E-state index contributed by atoms with van der Waals surface area (Å²) in [4.78, 5) is 0. The van der Waals surface area contributed by atoms with Gasteiger partial charge in [-0.2, -0.15) is 0 Å². The number of benzene rings is 1. The van der Waals surface area contributed by atoms with Crippen molar-refractivity contribution in [2.45, 2.75) is 39.7 Å². The molecule has 0 saturated carbocycles. The fourth-order valence-corrected chi connectivity index (χ4v) is 2.81. The van der Waals surface area contributed by atoms with Gasteiger partial charge in [-0.1, -0.05) is 25.1 Å². The van der Waals surface area contributed by atoms with Gasteiger partial charge in [0, 0.05) is 19.1 Å². The van der Waals surface area contributed by atoms with Crippen LogP contribution in [0.25, 0.3) is 0 Å². The molecule has 2 unspecified atom stereocenters. The molecular weight excluding hydrogens is 222 g/mol. The zero-order valence-corrected chi connectivity index (χ0v) is 11.8. The van der Waals surface area contributed by atoms with Gasteiger partial charge >= 0.3 is 0 Å². The molecule has 1 fully saturated rings. The van der Waals surface area contributed by atoms with Crippen LogP contribution in [0, 0.1) is 19.8 Å². The van der Waals surface area contributed by atoms with Crippen LogP contribution in [-0.4, -0.2) is 19.7 Å². The van der Waals surface area contributed by atoms with Gasteiger partial charge in [0.05, 0.1) is 6.10 Å². The highest BCUT2D eigenvalue weighted by Gasteiger charge is 2.28. The van der Waals surface area contributed by atoms with Gasteiger partial charge in [-0.15, -0.1) is 0 Å². The van der Waals surface area contributed by atoms with E-state index in [1.807, 2.05) is 0 Å². The van der Waals surface area contributed by atoms with Gasteiger partial charge in [0.15, 0.2) is 0 Å². The molecule has 0 aliphatic carbocycles. The van der Waals surface area contributed by atoms with E-state index in [1.54, 1.807) is 0 Å². The monoisotopic (exact) mass is 247 g/mol. The Labute approximate surface area is 111 Å². The van der Waals surface area contributed by atoms with Gasteiger partial charge in [-0.05, 0) is 49.9 Å². The van der Waals surface area contributed by atoms with Crippen molar-refractivity contribution < 1.29 is 4.74 Å². The van der Waals surface area contributed by atoms with Crippen LogP contribution in [0.3, 0.4) is 0 Å². The van der Waals surface area contributed by atoms with Gasteiger partial charge in [-0.3, -0.25) is 0 Å². The molecule has 1 aromatic rings. The maximum absolute atomic E-state index is 6.07. The van der Waals surface area contributed by atoms with Crippen molar-refractivity contribution in [1.29, 1.82) is 0 Å². The predicted molar refractivity (Wildman–Crippen MR) is 75.9 cm³/mol. The predicted octanol–water partition coefficient (Wildman–Crippen LogP) is 3.38. The molecule has 0 spiro atoms. The van der Waals surface area contributed by atoms with E-state index in [0.717, 1.165) is 19.7 Å². The summed E-state index contributed by atoms with van der Waals surface area (Å²) >= 11 is 0. The van der Waals surface area contributed by atoms with Gasteiger partial charge < -0.3 is 10.1 Å². The van der Waals surface area contributed by atoms with E-state index in [0.29, 0.717) is 5.92 Å². The van der Waals surface area contributed by atoms with E-state index < -0.39 is 0 Å². The van der Waals surface area contributed by atoms with E-state index in [1.165, 1.54) is 29.5 Å². The average Bonchev–Trinajstić information content (AvgIpc) is 2.40. The number of rotatable bonds is 4. The first-order valence-corrected chi connectivity index (χ1v) is 7.12. The maximum atomic E-state index is 6.07. The van der Waals surface area contributed by atoms with Crippen LogP contribution in [0.1, 0.15) is 42.6 Å². The first-order chi connectivity index (χ1) is 8.74.